The molecule has 1 saturated heterocycles. The second kappa shape index (κ2) is 10.4. The van der Waals surface area contributed by atoms with Gasteiger partial charge in [0, 0.05) is 6.42 Å². The van der Waals surface area contributed by atoms with E-state index in [2.05, 4.69) is 21.2 Å². The van der Waals surface area contributed by atoms with Crippen molar-refractivity contribution in [3.8, 4) is 0 Å². The van der Waals surface area contributed by atoms with Crippen molar-refractivity contribution in [1.29, 1.82) is 0 Å². The van der Waals surface area contributed by atoms with Crippen LogP contribution in [-0.4, -0.2) is 90.8 Å². The van der Waals surface area contributed by atoms with Gasteiger partial charge in [-0.3, -0.25) is 4.57 Å². The molecule has 3 rings (SSSR count). The smallest absolute Gasteiger partial charge is 0.485 e. The number of alkyl halides is 3. The van der Waals surface area contributed by atoms with E-state index in [1.807, 2.05) is 0 Å². The monoisotopic (exact) mass is 504 g/mol. The Labute approximate surface area is 183 Å². The SMILES string of the molecule is C[S+](CCCN)C[C@H]1O[C@@H](n2cnc3c(N)ncnc32)[C@H](O)[C@@H]1O.O=S(=O)([O-])C(F)(F)F. The summed E-state index contributed by atoms with van der Waals surface area (Å²) in [5.74, 6) is 1.93. The summed E-state index contributed by atoms with van der Waals surface area (Å²) in [5, 5.41) is 20.7. The Balaban J connectivity index is 0.000000390. The molecule has 0 aliphatic carbocycles. The van der Waals surface area contributed by atoms with Crippen molar-refractivity contribution >= 4 is 38.0 Å². The van der Waals surface area contributed by atoms with Gasteiger partial charge in [-0.1, -0.05) is 0 Å². The van der Waals surface area contributed by atoms with Crippen molar-refractivity contribution in [3.63, 3.8) is 0 Å². The molecule has 1 aliphatic heterocycles. The Kier molecular flexibility index (Phi) is 8.65. The maximum absolute atomic E-state index is 10.7. The van der Waals surface area contributed by atoms with Crippen LogP contribution in [0.5, 0.6) is 0 Å². The highest BCUT2D eigenvalue weighted by Crippen LogP contribution is 2.32. The summed E-state index contributed by atoms with van der Waals surface area (Å²) in [6, 6.07) is 0. The first-order valence-corrected chi connectivity index (χ1v) is 12.4. The van der Waals surface area contributed by atoms with E-state index in [1.54, 1.807) is 4.57 Å². The molecule has 0 aromatic carbocycles. The minimum Gasteiger partial charge on any atom is -0.741 e. The van der Waals surface area contributed by atoms with Gasteiger partial charge in [0.1, 0.15) is 41.7 Å². The number of rotatable bonds is 6. The predicted octanol–water partition coefficient (Wildman–Crippen LogP) is -1.32. The van der Waals surface area contributed by atoms with Crippen LogP contribution in [0.25, 0.3) is 11.2 Å². The Hall–Kier alpha value is -1.76. The third kappa shape index (κ3) is 6.18. The summed E-state index contributed by atoms with van der Waals surface area (Å²) >= 11 is 0. The molecule has 2 aromatic rings. The van der Waals surface area contributed by atoms with E-state index in [0.29, 0.717) is 23.5 Å². The highest BCUT2D eigenvalue weighted by molar-refractivity contribution is 7.96. The molecule has 0 radical (unpaired) electrons. The van der Waals surface area contributed by atoms with E-state index in [1.165, 1.54) is 12.7 Å². The standard InChI is InChI=1S/C14H23N6O3S.CHF3O3S/c1-24(4-2-3-15)5-8-10(21)11(22)14(23-8)20-7-19-9-12(16)17-6-18-13(9)20;2-1(3,4)8(5,6)7/h6-8,10-11,14,21-22H,2-5,15H2,1H3,(H2,16,17,18);(H,5,6,7)/q+1;/p-1/t8-,10-,11-,14-,24?;/m1./s1. The number of ether oxygens (including phenoxy) is 1. The minimum atomic E-state index is -6.09. The number of nitrogen functional groups attached to an aromatic ring is 1. The van der Waals surface area contributed by atoms with Crippen molar-refractivity contribution in [3.05, 3.63) is 12.7 Å². The van der Waals surface area contributed by atoms with Crippen LogP contribution in [-0.2, 0) is 25.7 Å². The average Bonchev–Trinajstić information content (AvgIpc) is 3.23. The lowest BCUT2D eigenvalue weighted by Gasteiger charge is -2.16. The summed E-state index contributed by atoms with van der Waals surface area (Å²) in [7, 11) is -6.02. The largest absolute Gasteiger partial charge is 0.741 e. The molecule has 17 heteroatoms. The molecule has 1 fully saturated rings. The molecule has 0 bridgehead atoms. The lowest BCUT2D eigenvalue weighted by Crippen LogP contribution is -2.35. The summed E-state index contributed by atoms with van der Waals surface area (Å²) in [6.07, 6.45) is 2.68. The second-order valence-electron chi connectivity index (χ2n) is 6.82. The van der Waals surface area contributed by atoms with E-state index in [9.17, 15) is 23.4 Å². The topological polar surface area (TPSA) is 203 Å². The zero-order valence-electron chi connectivity index (χ0n) is 16.7. The van der Waals surface area contributed by atoms with E-state index in [-0.39, 0.29) is 16.7 Å². The summed E-state index contributed by atoms with van der Waals surface area (Å²) in [5.41, 5.74) is 6.59. The number of fused-ring (bicyclic) bond motifs is 1. The van der Waals surface area contributed by atoms with Gasteiger partial charge in [-0.15, -0.1) is 0 Å². The van der Waals surface area contributed by atoms with Crippen molar-refractivity contribution in [2.24, 2.45) is 5.73 Å². The molecule has 182 valence electrons. The van der Waals surface area contributed by atoms with Gasteiger partial charge in [0.2, 0.25) is 0 Å². The Morgan fingerprint density at radius 1 is 1.28 bits per heavy atom. The summed E-state index contributed by atoms with van der Waals surface area (Å²) < 4.78 is 66.4. The van der Waals surface area contributed by atoms with Crippen molar-refractivity contribution in [2.45, 2.75) is 36.5 Å². The molecular formula is C15H23F3N6O6S2. The summed E-state index contributed by atoms with van der Waals surface area (Å²) in [4.78, 5) is 12.2. The quantitative estimate of drug-likeness (QED) is 0.206. The molecule has 1 unspecified atom stereocenters. The Bertz CT molecular complexity index is 1010. The lowest BCUT2D eigenvalue weighted by atomic mass is 10.1. The van der Waals surface area contributed by atoms with E-state index in [0.717, 1.165) is 12.2 Å². The molecule has 0 spiro atoms. The number of aromatic nitrogens is 4. The molecule has 5 atom stereocenters. The molecule has 2 aromatic heterocycles. The highest BCUT2D eigenvalue weighted by Gasteiger charge is 2.46. The van der Waals surface area contributed by atoms with Crippen LogP contribution in [0.1, 0.15) is 12.6 Å². The fourth-order valence-electron chi connectivity index (χ4n) is 2.85. The number of imidazole rings is 1. The van der Waals surface area contributed by atoms with Crippen molar-refractivity contribution in [1.82, 2.24) is 19.5 Å². The van der Waals surface area contributed by atoms with Crippen LogP contribution in [0.2, 0.25) is 0 Å². The number of aliphatic hydroxyl groups excluding tert-OH is 2. The molecule has 6 N–H and O–H groups in total. The molecule has 32 heavy (non-hydrogen) atoms. The van der Waals surface area contributed by atoms with Crippen molar-refractivity contribution in [2.75, 3.05) is 30.0 Å². The average molecular weight is 505 g/mol. The molecule has 1 aliphatic rings. The van der Waals surface area contributed by atoms with E-state index >= 15 is 0 Å². The fourth-order valence-corrected chi connectivity index (χ4v) is 4.51. The van der Waals surface area contributed by atoms with Gasteiger partial charge in [0.25, 0.3) is 0 Å². The van der Waals surface area contributed by atoms with Crippen LogP contribution < -0.4 is 11.5 Å². The first-order valence-electron chi connectivity index (χ1n) is 9.04. The van der Waals surface area contributed by atoms with Crippen LogP contribution in [0.15, 0.2) is 12.7 Å². The summed E-state index contributed by atoms with van der Waals surface area (Å²) in [6.45, 7) is 0.652. The Morgan fingerprint density at radius 2 is 1.91 bits per heavy atom. The number of aliphatic hydroxyl groups is 2. The molecule has 0 saturated carbocycles. The highest BCUT2D eigenvalue weighted by atomic mass is 32.2. The van der Waals surface area contributed by atoms with E-state index < -0.39 is 40.2 Å². The fraction of sp³-hybridized carbons (Fsp3) is 0.667. The van der Waals surface area contributed by atoms with Crippen LogP contribution in [0.3, 0.4) is 0 Å². The van der Waals surface area contributed by atoms with Gasteiger partial charge in [-0.05, 0) is 17.4 Å². The normalized spacial score (nSPS) is 24.9. The maximum atomic E-state index is 10.7. The van der Waals surface area contributed by atoms with Gasteiger partial charge < -0.3 is 31.0 Å². The first-order chi connectivity index (χ1) is 14.8. The van der Waals surface area contributed by atoms with Gasteiger partial charge in [0.05, 0.1) is 12.6 Å². The maximum Gasteiger partial charge on any atom is 0.485 e. The van der Waals surface area contributed by atoms with Crippen molar-refractivity contribution < 1.29 is 41.1 Å². The molecule has 12 nitrogen and oxygen atoms in total. The first kappa shape index (κ1) is 26.5. The zero-order chi connectivity index (χ0) is 24.3. The van der Waals surface area contributed by atoms with Crippen LogP contribution in [0.4, 0.5) is 19.0 Å². The molecule has 3 heterocycles. The number of anilines is 1. The van der Waals surface area contributed by atoms with Gasteiger partial charge in [-0.25, -0.2) is 23.4 Å². The number of nitrogens with zero attached hydrogens (tertiary/aromatic N) is 4. The van der Waals surface area contributed by atoms with Gasteiger partial charge in [0.15, 0.2) is 27.8 Å². The number of hydrogen-bond donors (Lipinski definition) is 4. The minimum absolute atomic E-state index is 0.0655. The molecule has 0 amide bonds. The lowest BCUT2D eigenvalue weighted by molar-refractivity contribution is -0.0517. The second-order valence-corrected chi connectivity index (χ2v) is 10.5. The number of hydrogen-bond acceptors (Lipinski definition) is 11. The van der Waals surface area contributed by atoms with Gasteiger partial charge >= 0.3 is 5.51 Å². The Morgan fingerprint density at radius 3 is 2.47 bits per heavy atom. The van der Waals surface area contributed by atoms with E-state index in [4.69, 9.17) is 29.2 Å². The number of nitrogens with two attached hydrogens (primary N) is 2. The predicted molar refractivity (Wildman–Crippen MR) is 108 cm³/mol. The zero-order valence-corrected chi connectivity index (χ0v) is 18.3. The van der Waals surface area contributed by atoms with Gasteiger partial charge in [-0.2, -0.15) is 13.2 Å². The molecular weight excluding hydrogens is 481 g/mol. The third-order valence-electron chi connectivity index (χ3n) is 4.43. The number of halogens is 3. The van der Waals surface area contributed by atoms with Crippen LogP contribution in [0, 0.1) is 0 Å². The van der Waals surface area contributed by atoms with Crippen LogP contribution >= 0.6 is 0 Å². The third-order valence-corrected chi connectivity index (χ3v) is 6.88.